The molecule has 30 heavy (non-hydrogen) atoms. The average molecular weight is 441 g/mol. The molecule has 154 valence electrons. The van der Waals surface area contributed by atoms with Crippen LogP contribution in [0.2, 0.25) is 5.02 Å². The lowest BCUT2D eigenvalue weighted by Gasteiger charge is -2.20. The summed E-state index contributed by atoms with van der Waals surface area (Å²) in [4.78, 5) is 23.9. The SMILES string of the molecule is COc1ccc(Cl)c2sc(N(CCCn3ccnc3)C(=O)c3ccc(C)cc3)nc12. The lowest BCUT2D eigenvalue weighted by Crippen LogP contribution is -2.32. The summed E-state index contributed by atoms with van der Waals surface area (Å²) in [6.07, 6.45) is 6.19. The van der Waals surface area contributed by atoms with Gasteiger partial charge in [-0.2, -0.15) is 0 Å². The molecule has 0 unspecified atom stereocenters. The van der Waals surface area contributed by atoms with Crippen molar-refractivity contribution < 1.29 is 9.53 Å². The number of methoxy groups -OCH3 is 1. The van der Waals surface area contributed by atoms with Crippen molar-refractivity contribution in [3.63, 3.8) is 0 Å². The van der Waals surface area contributed by atoms with E-state index in [1.165, 1.54) is 11.3 Å². The normalized spacial score (nSPS) is 11.0. The maximum atomic E-state index is 13.4. The number of carbonyl (C=O) groups excluding carboxylic acids is 1. The van der Waals surface area contributed by atoms with Crippen LogP contribution in [0.3, 0.4) is 0 Å². The van der Waals surface area contributed by atoms with Crippen LogP contribution in [-0.2, 0) is 6.54 Å². The van der Waals surface area contributed by atoms with Gasteiger partial charge in [0.25, 0.3) is 5.91 Å². The second-order valence-electron chi connectivity index (χ2n) is 6.90. The molecule has 0 saturated heterocycles. The number of hydrogen-bond donors (Lipinski definition) is 0. The molecule has 0 aliphatic carbocycles. The molecule has 2 aromatic heterocycles. The molecule has 1 amide bonds. The third kappa shape index (κ3) is 4.17. The van der Waals surface area contributed by atoms with Crippen LogP contribution in [0.25, 0.3) is 10.2 Å². The number of anilines is 1. The summed E-state index contributed by atoms with van der Waals surface area (Å²) in [5, 5.41) is 1.20. The molecule has 4 rings (SSSR count). The summed E-state index contributed by atoms with van der Waals surface area (Å²) < 4.78 is 8.24. The molecule has 2 heterocycles. The summed E-state index contributed by atoms with van der Waals surface area (Å²) in [7, 11) is 1.60. The minimum atomic E-state index is -0.0882. The molecule has 4 aromatic rings. The van der Waals surface area contributed by atoms with Crippen LogP contribution in [0.4, 0.5) is 5.13 Å². The number of thiazole rings is 1. The number of benzene rings is 2. The molecule has 8 heteroatoms. The summed E-state index contributed by atoms with van der Waals surface area (Å²) in [5.74, 6) is 0.549. The predicted octanol–water partition coefficient (Wildman–Crippen LogP) is 5.20. The number of ether oxygens (including phenoxy) is 1. The van der Waals surface area contributed by atoms with Gasteiger partial charge in [0.15, 0.2) is 5.13 Å². The molecule has 6 nitrogen and oxygen atoms in total. The van der Waals surface area contributed by atoms with E-state index in [1.54, 1.807) is 36.7 Å². The molecular weight excluding hydrogens is 420 g/mol. The van der Waals surface area contributed by atoms with Crippen LogP contribution in [0.1, 0.15) is 22.3 Å². The summed E-state index contributed by atoms with van der Waals surface area (Å²) in [6.45, 7) is 3.27. The number of imidazole rings is 1. The fourth-order valence-electron chi connectivity index (χ4n) is 3.19. The second-order valence-corrected chi connectivity index (χ2v) is 8.29. The van der Waals surface area contributed by atoms with E-state index in [2.05, 4.69) is 4.98 Å². The number of rotatable bonds is 7. The van der Waals surface area contributed by atoms with Crippen molar-refractivity contribution in [2.75, 3.05) is 18.6 Å². The largest absolute Gasteiger partial charge is 0.494 e. The number of amides is 1. The first-order chi connectivity index (χ1) is 14.6. The van der Waals surface area contributed by atoms with E-state index in [-0.39, 0.29) is 5.91 Å². The van der Waals surface area contributed by atoms with Crippen LogP contribution in [0, 0.1) is 6.92 Å². The van der Waals surface area contributed by atoms with Crippen molar-refractivity contribution in [1.82, 2.24) is 14.5 Å². The van der Waals surface area contributed by atoms with Crippen molar-refractivity contribution in [3.05, 3.63) is 71.3 Å². The van der Waals surface area contributed by atoms with Gasteiger partial charge >= 0.3 is 0 Å². The Morgan fingerprint density at radius 3 is 2.73 bits per heavy atom. The number of nitrogens with zero attached hydrogens (tertiary/aromatic N) is 4. The highest BCUT2D eigenvalue weighted by molar-refractivity contribution is 7.23. The zero-order valence-corrected chi connectivity index (χ0v) is 18.3. The number of aromatic nitrogens is 3. The molecule has 0 radical (unpaired) electrons. The average Bonchev–Trinajstić information content (AvgIpc) is 3.42. The number of halogens is 1. The number of aryl methyl sites for hydroxylation is 2. The van der Waals surface area contributed by atoms with Gasteiger partial charge in [-0.15, -0.1) is 0 Å². The molecule has 0 saturated carbocycles. The minimum Gasteiger partial charge on any atom is -0.494 e. The molecule has 2 aromatic carbocycles. The quantitative estimate of drug-likeness (QED) is 0.396. The van der Waals surface area contributed by atoms with Gasteiger partial charge in [-0.25, -0.2) is 9.97 Å². The maximum Gasteiger partial charge on any atom is 0.260 e. The second kappa shape index (κ2) is 8.85. The van der Waals surface area contributed by atoms with Gasteiger partial charge < -0.3 is 9.30 Å². The number of carbonyl (C=O) groups is 1. The van der Waals surface area contributed by atoms with Gasteiger partial charge in [0.1, 0.15) is 11.3 Å². The van der Waals surface area contributed by atoms with E-state index in [4.69, 9.17) is 21.3 Å². The summed E-state index contributed by atoms with van der Waals surface area (Å²) >= 11 is 7.79. The molecule has 0 N–H and O–H groups in total. The smallest absolute Gasteiger partial charge is 0.260 e. The summed E-state index contributed by atoms with van der Waals surface area (Å²) in [5.41, 5.74) is 2.40. The Labute approximate surface area is 183 Å². The Morgan fingerprint density at radius 2 is 2.03 bits per heavy atom. The van der Waals surface area contributed by atoms with Gasteiger partial charge in [-0.1, -0.05) is 40.6 Å². The van der Waals surface area contributed by atoms with Crippen LogP contribution >= 0.6 is 22.9 Å². The van der Waals surface area contributed by atoms with Crippen molar-refractivity contribution in [1.29, 1.82) is 0 Å². The van der Waals surface area contributed by atoms with Gasteiger partial charge in [0.05, 0.1) is 23.2 Å². The van der Waals surface area contributed by atoms with E-state index >= 15 is 0 Å². The topological polar surface area (TPSA) is 60.2 Å². The Morgan fingerprint density at radius 1 is 1.23 bits per heavy atom. The predicted molar refractivity (Wildman–Crippen MR) is 121 cm³/mol. The van der Waals surface area contributed by atoms with Crippen molar-refractivity contribution in [2.45, 2.75) is 19.9 Å². The third-order valence-electron chi connectivity index (χ3n) is 4.80. The fourth-order valence-corrected chi connectivity index (χ4v) is 4.47. The fraction of sp³-hybridized carbons (Fsp3) is 0.227. The number of fused-ring (bicyclic) bond motifs is 1. The molecule has 0 aliphatic rings. The zero-order chi connectivity index (χ0) is 21.1. The Kier molecular flexibility index (Phi) is 6.01. The standard InChI is InChI=1S/C22H21ClN4O2S/c1-15-4-6-16(7-5-15)21(28)27(12-3-11-26-13-10-24-14-26)22-25-19-18(29-2)9-8-17(23)20(19)30-22/h4-10,13-14H,3,11-12H2,1-2H3. The molecule has 0 bridgehead atoms. The van der Waals surface area contributed by atoms with E-state index in [1.807, 2.05) is 42.0 Å². The highest BCUT2D eigenvalue weighted by Gasteiger charge is 2.23. The van der Waals surface area contributed by atoms with E-state index in [0.717, 1.165) is 23.2 Å². The number of hydrogen-bond acceptors (Lipinski definition) is 5. The highest BCUT2D eigenvalue weighted by atomic mass is 35.5. The van der Waals surface area contributed by atoms with E-state index in [0.29, 0.717) is 33.5 Å². The van der Waals surface area contributed by atoms with Crippen molar-refractivity contribution in [3.8, 4) is 5.75 Å². The zero-order valence-electron chi connectivity index (χ0n) is 16.7. The van der Waals surface area contributed by atoms with Gasteiger partial charge in [-0.05, 0) is 37.6 Å². The monoisotopic (exact) mass is 440 g/mol. The first kappa shape index (κ1) is 20.4. The minimum absolute atomic E-state index is 0.0882. The van der Waals surface area contributed by atoms with Crippen LogP contribution < -0.4 is 9.64 Å². The Hall–Kier alpha value is -2.90. The van der Waals surface area contributed by atoms with Gasteiger partial charge in [0.2, 0.25) is 0 Å². The Balaban J connectivity index is 1.68. The highest BCUT2D eigenvalue weighted by Crippen LogP contribution is 2.39. The van der Waals surface area contributed by atoms with E-state index in [9.17, 15) is 4.79 Å². The van der Waals surface area contributed by atoms with Crippen LogP contribution in [-0.4, -0.2) is 34.1 Å². The molecule has 0 atom stereocenters. The van der Waals surface area contributed by atoms with Gasteiger partial charge in [-0.3, -0.25) is 9.69 Å². The van der Waals surface area contributed by atoms with Crippen molar-refractivity contribution in [2.24, 2.45) is 0 Å². The maximum absolute atomic E-state index is 13.4. The van der Waals surface area contributed by atoms with Crippen molar-refractivity contribution >= 4 is 44.2 Å². The molecule has 0 spiro atoms. The molecule has 0 fully saturated rings. The lowest BCUT2D eigenvalue weighted by molar-refractivity contribution is 0.0986. The van der Waals surface area contributed by atoms with Crippen LogP contribution in [0.15, 0.2) is 55.1 Å². The van der Waals surface area contributed by atoms with E-state index < -0.39 is 0 Å². The Bertz CT molecular complexity index is 1160. The summed E-state index contributed by atoms with van der Waals surface area (Å²) in [6, 6.07) is 11.2. The first-order valence-corrected chi connectivity index (χ1v) is 10.7. The first-order valence-electron chi connectivity index (χ1n) is 9.54. The van der Waals surface area contributed by atoms with Gasteiger partial charge in [0, 0.05) is 31.0 Å². The molecule has 0 aliphatic heterocycles. The third-order valence-corrected chi connectivity index (χ3v) is 6.34. The lowest BCUT2D eigenvalue weighted by atomic mass is 10.1. The van der Waals surface area contributed by atoms with Crippen LogP contribution in [0.5, 0.6) is 5.75 Å². The molecular formula is C22H21ClN4O2S.